The van der Waals surface area contributed by atoms with Crippen LogP contribution in [0.5, 0.6) is 0 Å². The molecule has 2 heterocycles. The molecule has 1 aliphatic rings. The molecule has 3 rings (SSSR count). The fourth-order valence-electron chi connectivity index (χ4n) is 2.90. The van der Waals surface area contributed by atoms with Gasteiger partial charge in [0.15, 0.2) is 0 Å². The van der Waals surface area contributed by atoms with E-state index in [0.29, 0.717) is 16.5 Å². The van der Waals surface area contributed by atoms with Crippen molar-refractivity contribution in [2.24, 2.45) is 0 Å². The van der Waals surface area contributed by atoms with E-state index in [1.807, 2.05) is 13.0 Å². The van der Waals surface area contributed by atoms with Gasteiger partial charge in [-0.3, -0.25) is 0 Å². The molecule has 0 radical (unpaired) electrons. The Kier molecular flexibility index (Phi) is 4.82. The summed E-state index contributed by atoms with van der Waals surface area (Å²) in [4.78, 5) is 11.2. The van der Waals surface area contributed by atoms with Crippen LogP contribution in [0.25, 0.3) is 0 Å². The van der Waals surface area contributed by atoms with Gasteiger partial charge in [-0.05, 0) is 44.4 Å². The summed E-state index contributed by atoms with van der Waals surface area (Å²) >= 11 is 0. The van der Waals surface area contributed by atoms with Crippen LogP contribution in [-0.4, -0.2) is 31.5 Å². The zero-order chi connectivity index (χ0) is 17.2. The Morgan fingerprint density at radius 3 is 2.62 bits per heavy atom. The minimum absolute atomic E-state index is 0.152. The highest BCUT2D eigenvalue weighted by Gasteiger charge is 2.18. The predicted octanol–water partition coefficient (Wildman–Crippen LogP) is 2.17. The van der Waals surface area contributed by atoms with Crippen molar-refractivity contribution in [2.75, 3.05) is 18.0 Å². The van der Waals surface area contributed by atoms with Gasteiger partial charge in [-0.15, -0.1) is 0 Å². The Morgan fingerprint density at radius 2 is 1.92 bits per heavy atom. The van der Waals surface area contributed by atoms with Crippen molar-refractivity contribution in [2.45, 2.75) is 38.1 Å². The summed E-state index contributed by atoms with van der Waals surface area (Å²) < 4.78 is 27.7. The van der Waals surface area contributed by atoms with Crippen LogP contribution in [0.15, 0.2) is 35.4 Å². The molecule has 0 saturated carbocycles. The Bertz CT molecular complexity index is 830. The Balaban J connectivity index is 1.73. The van der Waals surface area contributed by atoms with Crippen LogP contribution in [0.1, 0.15) is 29.7 Å². The van der Waals surface area contributed by atoms with E-state index in [1.165, 1.54) is 0 Å². The summed E-state index contributed by atoms with van der Waals surface area (Å²) in [5.41, 5.74) is 2.45. The number of aromatic nitrogens is 2. The average molecular weight is 346 g/mol. The first kappa shape index (κ1) is 16.9. The van der Waals surface area contributed by atoms with Crippen LogP contribution < -0.4 is 9.62 Å². The molecule has 0 amide bonds. The van der Waals surface area contributed by atoms with Gasteiger partial charge in [-0.2, -0.15) is 0 Å². The van der Waals surface area contributed by atoms with Gasteiger partial charge in [0, 0.05) is 19.3 Å². The lowest BCUT2D eigenvalue weighted by atomic mass is 10.2. The number of rotatable bonds is 5. The summed E-state index contributed by atoms with van der Waals surface area (Å²) in [5, 5.41) is 0. The third-order valence-corrected chi connectivity index (χ3v) is 5.71. The van der Waals surface area contributed by atoms with Crippen molar-refractivity contribution in [1.82, 2.24) is 14.7 Å². The maximum absolute atomic E-state index is 12.5. The highest BCUT2D eigenvalue weighted by atomic mass is 32.2. The zero-order valence-electron chi connectivity index (χ0n) is 14.0. The Hall–Kier alpha value is -1.99. The number of hydrogen-bond donors (Lipinski definition) is 1. The maximum Gasteiger partial charge on any atom is 0.241 e. The van der Waals surface area contributed by atoms with Crippen LogP contribution in [0.2, 0.25) is 0 Å². The van der Waals surface area contributed by atoms with Gasteiger partial charge in [0.25, 0.3) is 0 Å². The van der Waals surface area contributed by atoms with Crippen LogP contribution in [0, 0.1) is 13.8 Å². The highest BCUT2D eigenvalue weighted by molar-refractivity contribution is 7.89. The van der Waals surface area contributed by atoms with Gasteiger partial charge >= 0.3 is 0 Å². The third kappa shape index (κ3) is 3.73. The molecular weight excluding hydrogens is 324 g/mol. The second kappa shape index (κ2) is 6.86. The lowest BCUT2D eigenvalue weighted by Crippen LogP contribution is -2.25. The molecule has 7 heteroatoms. The van der Waals surface area contributed by atoms with Crippen LogP contribution in [-0.2, 0) is 16.6 Å². The molecular formula is C17H22N4O2S. The first-order chi connectivity index (χ1) is 11.5. The standard InChI is InChI=1S/C17H22N4O2S/c1-13-5-6-16(14(2)11-13)24(22,23)19-12-15-7-8-18-17(20-15)21-9-3-4-10-21/h5-8,11,19H,3-4,9-10,12H2,1-2H3. The molecule has 24 heavy (non-hydrogen) atoms. The number of nitrogens with zero attached hydrogens (tertiary/aromatic N) is 3. The molecule has 1 N–H and O–H groups in total. The normalized spacial score (nSPS) is 15.0. The molecule has 0 aliphatic carbocycles. The second-order valence-corrected chi connectivity index (χ2v) is 7.87. The molecule has 0 bridgehead atoms. The van der Waals surface area contributed by atoms with E-state index in [4.69, 9.17) is 0 Å². The van der Waals surface area contributed by atoms with Gasteiger partial charge in [0.2, 0.25) is 16.0 Å². The molecule has 2 aromatic rings. The molecule has 1 fully saturated rings. The first-order valence-electron chi connectivity index (χ1n) is 8.09. The average Bonchev–Trinajstić information content (AvgIpc) is 3.07. The van der Waals surface area contributed by atoms with Gasteiger partial charge in [0.05, 0.1) is 17.1 Å². The van der Waals surface area contributed by atoms with E-state index < -0.39 is 10.0 Å². The zero-order valence-corrected chi connectivity index (χ0v) is 14.8. The molecule has 0 unspecified atom stereocenters. The molecule has 6 nitrogen and oxygen atoms in total. The number of hydrogen-bond acceptors (Lipinski definition) is 5. The Morgan fingerprint density at radius 1 is 1.17 bits per heavy atom. The number of sulfonamides is 1. The van der Waals surface area contributed by atoms with Crippen molar-refractivity contribution in [1.29, 1.82) is 0 Å². The molecule has 1 aromatic carbocycles. The monoisotopic (exact) mass is 346 g/mol. The molecule has 128 valence electrons. The van der Waals surface area contributed by atoms with Gasteiger partial charge in [-0.1, -0.05) is 17.7 Å². The second-order valence-electron chi connectivity index (χ2n) is 6.14. The molecule has 1 saturated heterocycles. The quantitative estimate of drug-likeness (QED) is 0.898. The van der Waals surface area contributed by atoms with Crippen molar-refractivity contribution in [3.05, 3.63) is 47.3 Å². The lowest BCUT2D eigenvalue weighted by Gasteiger charge is -2.15. The lowest BCUT2D eigenvalue weighted by molar-refractivity contribution is 0.579. The highest BCUT2D eigenvalue weighted by Crippen LogP contribution is 2.18. The maximum atomic E-state index is 12.5. The molecule has 0 atom stereocenters. The fourth-order valence-corrected chi connectivity index (χ4v) is 4.12. The van der Waals surface area contributed by atoms with Gasteiger partial charge in [-0.25, -0.2) is 23.1 Å². The van der Waals surface area contributed by atoms with Crippen molar-refractivity contribution >= 4 is 16.0 Å². The van der Waals surface area contributed by atoms with E-state index in [-0.39, 0.29) is 6.54 Å². The SMILES string of the molecule is Cc1ccc(S(=O)(=O)NCc2ccnc(N3CCCC3)n2)c(C)c1. The first-order valence-corrected chi connectivity index (χ1v) is 9.58. The molecule has 1 aromatic heterocycles. The van der Waals surface area contributed by atoms with E-state index in [2.05, 4.69) is 19.6 Å². The van der Waals surface area contributed by atoms with Crippen LogP contribution in [0.3, 0.4) is 0 Å². The van der Waals surface area contributed by atoms with Crippen LogP contribution >= 0.6 is 0 Å². The number of aryl methyl sites for hydroxylation is 2. The number of benzene rings is 1. The number of nitrogens with one attached hydrogen (secondary N) is 1. The Labute approximate surface area is 143 Å². The van der Waals surface area contributed by atoms with Crippen LogP contribution in [0.4, 0.5) is 5.95 Å². The van der Waals surface area contributed by atoms with Crippen molar-refractivity contribution in [3.8, 4) is 0 Å². The van der Waals surface area contributed by atoms with E-state index in [0.717, 1.165) is 37.1 Å². The largest absolute Gasteiger partial charge is 0.341 e. The van der Waals surface area contributed by atoms with E-state index in [1.54, 1.807) is 31.3 Å². The van der Waals surface area contributed by atoms with Gasteiger partial charge in [0.1, 0.15) is 0 Å². The third-order valence-electron chi connectivity index (χ3n) is 4.15. The van der Waals surface area contributed by atoms with E-state index in [9.17, 15) is 8.42 Å². The summed E-state index contributed by atoms with van der Waals surface area (Å²) in [6, 6.07) is 7.05. The van der Waals surface area contributed by atoms with E-state index >= 15 is 0 Å². The smallest absolute Gasteiger partial charge is 0.241 e. The predicted molar refractivity (Wildman–Crippen MR) is 93.4 cm³/mol. The summed E-state index contributed by atoms with van der Waals surface area (Å²) in [6.07, 6.45) is 3.97. The topological polar surface area (TPSA) is 75.2 Å². The molecule has 1 aliphatic heterocycles. The van der Waals surface area contributed by atoms with Crippen molar-refractivity contribution < 1.29 is 8.42 Å². The number of anilines is 1. The van der Waals surface area contributed by atoms with Gasteiger partial charge < -0.3 is 4.90 Å². The summed E-state index contributed by atoms with van der Waals surface area (Å²) in [5.74, 6) is 0.677. The fraction of sp³-hybridized carbons (Fsp3) is 0.412. The minimum atomic E-state index is -3.56. The minimum Gasteiger partial charge on any atom is -0.341 e. The molecule has 0 spiro atoms. The van der Waals surface area contributed by atoms with Crippen molar-refractivity contribution in [3.63, 3.8) is 0 Å². The summed E-state index contributed by atoms with van der Waals surface area (Å²) in [6.45, 7) is 5.81. The summed E-state index contributed by atoms with van der Waals surface area (Å²) in [7, 11) is -3.56.